The second kappa shape index (κ2) is 6.65. The number of pyridine rings is 1. The molecule has 1 fully saturated rings. The lowest BCUT2D eigenvalue weighted by molar-refractivity contribution is -0.168. The van der Waals surface area contributed by atoms with Gasteiger partial charge in [-0.3, -0.25) is 10.2 Å². The van der Waals surface area contributed by atoms with Crippen LogP contribution in [0.5, 0.6) is 0 Å². The number of thiophene rings is 1. The molecule has 2 N–H and O–H groups in total. The molecule has 144 valence electrons. The van der Waals surface area contributed by atoms with Crippen LogP contribution in [0.25, 0.3) is 21.5 Å². The highest BCUT2D eigenvalue weighted by molar-refractivity contribution is 7.15. The predicted molar refractivity (Wildman–Crippen MR) is 104 cm³/mol. The highest BCUT2D eigenvalue weighted by Gasteiger charge is 2.52. The van der Waals surface area contributed by atoms with Crippen molar-refractivity contribution in [2.24, 2.45) is 0 Å². The Balaban J connectivity index is 1.87. The Bertz CT molecular complexity index is 1100. The van der Waals surface area contributed by atoms with Gasteiger partial charge in [-0.15, -0.1) is 11.3 Å². The number of aryl methyl sites for hydroxylation is 1. The molecule has 0 radical (unpaired) electrons. The van der Waals surface area contributed by atoms with E-state index in [0.717, 1.165) is 9.75 Å². The molecule has 0 bridgehead atoms. The van der Waals surface area contributed by atoms with Crippen molar-refractivity contribution in [1.82, 2.24) is 15.4 Å². The SMILES string of the molecule is C=C1CC(O)(C(F)F)N(C(=O)c2cc(-c3ccc(C)s3)nc3ccccc23)N1. The van der Waals surface area contributed by atoms with Crippen molar-refractivity contribution in [3.8, 4) is 10.6 Å². The van der Waals surface area contributed by atoms with Gasteiger partial charge in [-0.2, -0.15) is 0 Å². The number of hydrazine groups is 1. The van der Waals surface area contributed by atoms with Crippen molar-refractivity contribution in [2.45, 2.75) is 25.5 Å². The minimum atomic E-state index is -3.16. The van der Waals surface area contributed by atoms with Crippen LogP contribution in [0.3, 0.4) is 0 Å². The quantitative estimate of drug-likeness (QED) is 0.694. The molecule has 0 saturated carbocycles. The molecular formula is C20H17F2N3O2S. The Morgan fingerprint density at radius 1 is 1.36 bits per heavy atom. The molecule has 5 nitrogen and oxygen atoms in total. The zero-order valence-corrected chi connectivity index (χ0v) is 15.8. The third kappa shape index (κ3) is 2.94. The summed E-state index contributed by atoms with van der Waals surface area (Å²) in [6.07, 6.45) is -3.60. The number of hydrogen-bond donors (Lipinski definition) is 2. The van der Waals surface area contributed by atoms with Crippen molar-refractivity contribution >= 4 is 28.1 Å². The van der Waals surface area contributed by atoms with Gasteiger partial charge in [0.15, 0.2) is 0 Å². The number of benzene rings is 1. The first-order chi connectivity index (χ1) is 13.3. The third-order valence-electron chi connectivity index (χ3n) is 4.62. The first kappa shape index (κ1) is 18.5. The number of nitrogens with zero attached hydrogens (tertiary/aromatic N) is 2. The van der Waals surface area contributed by atoms with E-state index in [1.165, 1.54) is 11.3 Å². The molecule has 1 aliphatic heterocycles. The number of aromatic nitrogens is 1. The normalized spacial score (nSPS) is 19.5. The molecule has 1 unspecified atom stereocenters. The molecule has 8 heteroatoms. The van der Waals surface area contributed by atoms with Crippen LogP contribution < -0.4 is 5.43 Å². The minimum Gasteiger partial charge on any atom is -0.364 e. The van der Waals surface area contributed by atoms with Gasteiger partial charge in [-0.1, -0.05) is 24.8 Å². The summed E-state index contributed by atoms with van der Waals surface area (Å²) in [5.74, 6) is -0.769. The van der Waals surface area contributed by atoms with Crippen LogP contribution in [0, 0.1) is 6.92 Å². The second-order valence-electron chi connectivity index (χ2n) is 6.69. The molecule has 1 saturated heterocycles. The van der Waals surface area contributed by atoms with Gasteiger partial charge in [-0.25, -0.2) is 18.8 Å². The number of fused-ring (bicyclic) bond motifs is 1. The van der Waals surface area contributed by atoms with E-state index in [1.54, 1.807) is 30.3 Å². The van der Waals surface area contributed by atoms with Gasteiger partial charge < -0.3 is 5.11 Å². The highest BCUT2D eigenvalue weighted by Crippen LogP contribution is 2.35. The van der Waals surface area contributed by atoms with E-state index in [-0.39, 0.29) is 11.3 Å². The van der Waals surface area contributed by atoms with E-state index in [0.29, 0.717) is 21.6 Å². The maximum absolute atomic E-state index is 13.5. The molecule has 3 aromatic rings. The van der Waals surface area contributed by atoms with Crippen LogP contribution >= 0.6 is 11.3 Å². The van der Waals surface area contributed by atoms with Crippen LogP contribution in [0.15, 0.2) is 54.7 Å². The van der Waals surface area contributed by atoms with E-state index in [9.17, 15) is 18.7 Å². The fraction of sp³-hybridized carbons (Fsp3) is 0.200. The zero-order valence-electron chi connectivity index (χ0n) is 14.9. The number of para-hydroxylation sites is 1. The van der Waals surface area contributed by atoms with E-state index < -0.39 is 24.5 Å². The number of carbonyl (C=O) groups is 1. The standard InChI is InChI=1S/C20H17F2N3O2S/c1-11-10-20(27,19(21)22)25(24-11)18(26)14-9-16(17-8-7-12(2)28-17)23-15-6-4-3-5-13(14)15/h3-9,19,24,27H,1,10H2,2H3. The molecule has 2 aromatic heterocycles. The number of alkyl halides is 2. The van der Waals surface area contributed by atoms with Gasteiger partial charge in [-0.05, 0) is 31.2 Å². The van der Waals surface area contributed by atoms with Crippen LogP contribution in [0.1, 0.15) is 21.7 Å². The van der Waals surface area contributed by atoms with Gasteiger partial charge in [0.25, 0.3) is 12.3 Å². The summed E-state index contributed by atoms with van der Waals surface area (Å²) in [6, 6.07) is 12.4. The van der Waals surface area contributed by atoms with Crippen molar-refractivity contribution in [3.63, 3.8) is 0 Å². The topological polar surface area (TPSA) is 65.5 Å². The van der Waals surface area contributed by atoms with Gasteiger partial charge in [0.2, 0.25) is 5.72 Å². The molecule has 0 aliphatic carbocycles. The molecule has 28 heavy (non-hydrogen) atoms. The van der Waals surface area contributed by atoms with Crippen LogP contribution in [-0.4, -0.2) is 33.2 Å². The molecule has 4 rings (SSSR count). The number of hydrogen-bond acceptors (Lipinski definition) is 5. The number of amides is 1. The fourth-order valence-electron chi connectivity index (χ4n) is 3.26. The van der Waals surface area contributed by atoms with E-state index in [4.69, 9.17) is 0 Å². The Hall–Kier alpha value is -2.84. The van der Waals surface area contributed by atoms with E-state index >= 15 is 0 Å². The smallest absolute Gasteiger partial charge is 0.287 e. The first-order valence-electron chi connectivity index (χ1n) is 8.56. The molecule has 1 aliphatic rings. The van der Waals surface area contributed by atoms with Crippen molar-refractivity contribution in [1.29, 1.82) is 0 Å². The highest BCUT2D eigenvalue weighted by atomic mass is 32.1. The molecule has 0 spiro atoms. The van der Waals surface area contributed by atoms with Gasteiger partial charge in [0.05, 0.1) is 21.7 Å². The Kier molecular flexibility index (Phi) is 4.40. The van der Waals surface area contributed by atoms with Crippen molar-refractivity contribution < 1.29 is 18.7 Å². The van der Waals surface area contributed by atoms with Gasteiger partial charge >= 0.3 is 0 Å². The zero-order chi connectivity index (χ0) is 20.1. The lowest BCUT2D eigenvalue weighted by atomic mass is 10.0. The maximum atomic E-state index is 13.5. The number of nitrogens with one attached hydrogen (secondary N) is 1. The summed E-state index contributed by atoms with van der Waals surface area (Å²) < 4.78 is 27.1. The summed E-state index contributed by atoms with van der Waals surface area (Å²) in [7, 11) is 0. The number of aliphatic hydroxyl groups is 1. The Labute approximate surface area is 163 Å². The van der Waals surface area contributed by atoms with Crippen LogP contribution in [-0.2, 0) is 0 Å². The second-order valence-corrected chi connectivity index (χ2v) is 7.98. The first-order valence-corrected chi connectivity index (χ1v) is 9.37. The monoisotopic (exact) mass is 401 g/mol. The molecule has 1 atom stereocenters. The van der Waals surface area contributed by atoms with E-state index in [2.05, 4.69) is 17.0 Å². The van der Waals surface area contributed by atoms with Crippen molar-refractivity contribution in [3.05, 3.63) is 65.2 Å². The maximum Gasteiger partial charge on any atom is 0.287 e. The van der Waals surface area contributed by atoms with Gasteiger partial charge in [0, 0.05) is 22.4 Å². The average Bonchev–Trinajstić information content (AvgIpc) is 3.23. The Morgan fingerprint density at radius 3 is 2.79 bits per heavy atom. The largest absolute Gasteiger partial charge is 0.364 e. The average molecular weight is 401 g/mol. The number of rotatable bonds is 3. The third-order valence-corrected chi connectivity index (χ3v) is 5.65. The Morgan fingerprint density at radius 2 is 2.11 bits per heavy atom. The lowest BCUT2D eigenvalue weighted by Gasteiger charge is -2.31. The van der Waals surface area contributed by atoms with E-state index in [1.807, 2.05) is 19.1 Å². The van der Waals surface area contributed by atoms with Gasteiger partial charge in [0.1, 0.15) is 0 Å². The summed E-state index contributed by atoms with van der Waals surface area (Å²) in [5.41, 5.74) is 1.29. The minimum absolute atomic E-state index is 0.142. The van der Waals surface area contributed by atoms with Crippen LogP contribution in [0.2, 0.25) is 0 Å². The number of halogens is 2. The predicted octanol–water partition coefficient (Wildman–Crippen LogP) is 4.09. The summed E-state index contributed by atoms with van der Waals surface area (Å²) in [5, 5.41) is 11.5. The summed E-state index contributed by atoms with van der Waals surface area (Å²) in [4.78, 5) is 19.8. The van der Waals surface area contributed by atoms with Crippen LogP contribution in [0.4, 0.5) is 8.78 Å². The van der Waals surface area contributed by atoms with Crippen molar-refractivity contribution in [2.75, 3.05) is 0 Å². The summed E-state index contributed by atoms with van der Waals surface area (Å²) in [6.45, 7) is 5.54. The number of carbonyl (C=O) groups excluding carboxylic acids is 1. The molecular weight excluding hydrogens is 384 g/mol. The summed E-state index contributed by atoms with van der Waals surface area (Å²) >= 11 is 1.52. The molecule has 1 aromatic carbocycles. The molecule has 1 amide bonds. The fourth-order valence-corrected chi connectivity index (χ4v) is 4.09. The molecule has 3 heterocycles. The lowest BCUT2D eigenvalue weighted by Crippen LogP contribution is -2.55.